The quantitative estimate of drug-likeness (QED) is 0.788. The molecule has 0 aromatic heterocycles. The third-order valence-electron chi connectivity index (χ3n) is 3.05. The maximum atomic E-state index is 11.4. The van der Waals surface area contributed by atoms with Crippen LogP contribution < -0.4 is 14.8 Å². The molecule has 0 atom stereocenters. The van der Waals surface area contributed by atoms with Crippen LogP contribution in [-0.2, 0) is 0 Å². The van der Waals surface area contributed by atoms with Crippen molar-refractivity contribution in [2.45, 2.75) is 6.92 Å². The Morgan fingerprint density at radius 3 is 2.81 bits per heavy atom. The molecule has 0 unspecified atom stereocenters. The van der Waals surface area contributed by atoms with Gasteiger partial charge in [0.1, 0.15) is 6.61 Å². The third kappa shape index (κ3) is 3.77. The van der Waals surface area contributed by atoms with E-state index in [0.29, 0.717) is 44.3 Å². The van der Waals surface area contributed by atoms with Gasteiger partial charge < -0.3 is 24.8 Å². The molecule has 1 heterocycles. The van der Waals surface area contributed by atoms with Crippen LogP contribution >= 0.6 is 0 Å². The molecule has 0 saturated carbocycles. The number of urea groups is 1. The number of nitrogens with one attached hydrogen (secondary N) is 1. The lowest BCUT2D eigenvalue weighted by Crippen LogP contribution is -2.31. The first-order chi connectivity index (χ1) is 10.1. The number of carboxylic acid groups (broad SMARTS) is 1. The number of benzene rings is 1. The zero-order valence-corrected chi connectivity index (χ0v) is 11.8. The highest BCUT2D eigenvalue weighted by Crippen LogP contribution is 2.28. The number of hydrogen-bond acceptors (Lipinski definition) is 4. The van der Waals surface area contributed by atoms with Crippen LogP contribution in [0.3, 0.4) is 0 Å². The monoisotopic (exact) mass is 294 g/mol. The van der Waals surface area contributed by atoms with Crippen molar-refractivity contribution in [1.82, 2.24) is 10.2 Å². The molecule has 2 N–H and O–H groups in total. The molecule has 0 radical (unpaired) electrons. The van der Waals surface area contributed by atoms with Gasteiger partial charge in [-0.25, -0.2) is 9.59 Å². The van der Waals surface area contributed by atoms with E-state index in [1.54, 1.807) is 11.0 Å². The molecule has 1 aromatic carbocycles. The summed E-state index contributed by atoms with van der Waals surface area (Å²) in [6, 6.07) is 4.37. The fourth-order valence-electron chi connectivity index (χ4n) is 2.02. The van der Waals surface area contributed by atoms with Gasteiger partial charge in [-0.3, -0.25) is 0 Å². The summed E-state index contributed by atoms with van der Waals surface area (Å²) in [6.07, 6.45) is 0. The number of carbonyl (C=O) groups is 2. The molecular formula is C14H18N2O5. The molecule has 0 bridgehead atoms. The van der Waals surface area contributed by atoms with E-state index in [2.05, 4.69) is 5.32 Å². The highest BCUT2D eigenvalue weighted by Gasteiger charge is 2.19. The number of amides is 2. The van der Waals surface area contributed by atoms with Crippen molar-refractivity contribution in [2.75, 3.05) is 32.8 Å². The van der Waals surface area contributed by atoms with E-state index < -0.39 is 5.97 Å². The summed E-state index contributed by atoms with van der Waals surface area (Å²) in [4.78, 5) is 24.0. The van der Waals surface area contributed by atoms with Crippen molar-refractivity contribution in [2.24, 2.45) is 0 Å². The molecule has 1 aromatic rings. The molecule has 1 saturated heterocycles. The molecular weight excluding hydrogens is 276 g/mol. The summed E-state index contributed by atoms with van der Waals surface area (Å²) in [5.41, 5.74) is 0.143. The van der Waals surface area contributed by atoms with Gasteiger partial charge in [-0.15, -0.1) is 0 Å². The van der Waals surface area contributed by atoms with Crippen molar-refractivity contribution < 1.29 is 24.2 Å². The molecule has 114 valence electrons. The van der Waals surface area contributed by atoms with Crippen molar-refractivity contribution in [3.8, 4) is 11.5 Å². The molecule has 7 heteroatoms. The van der Waals surface area contributed by atoms with Gasteiger partial charge in [0.15, 0.2) is 11.5 Å². The van der Waals surface area contributed by atoms with Crippen LogP contribution in [0.4, 0.5) is 4.79 Å². The summed E-state index contributed by atoms with van der Waals surface area (Å²) in [5.74, 6) is -0.152. The highest BCUT2D eigenvalue weighted by atomic mass is 16.5. The van der Waals surface area contributed by atoms with Crippen LogP contribution in [-0.4, -0.2) is 54.9 Å². The van der Waals surface area contributed by atoms with Gasteiger partial charge in [-0.1, -0.05) is 0 Å². The van der Waals surface area contributed by atoms with Crippen LogP contribution in [0.2, 0.25) is 0 Å². The molecule has 1 fully saturated rings. The maximum Gasteiger partial charge on any atom is 0.335 e. The number of rotatable bonds is 7. The summed E-state index contributed by atoms with van der Waals surface area (Å²) in [7, 11) is 0. The molecule has 2 amide bonds. The predicted molar refractivity (Wildman–Crippen MR) is 75.0 cm³/mol. The Labute approximate surface area is 122 Å². The smallest absolute Gasteiger partial charge is 0.335 e. The van der Waals surface area contributed by atoms with Gasteiger partial charge in [0.2, 0.25) is 0 Å². The zero-order valence-electron chi connectivity index (χ0n) is 11.8. The lowest BCUT2D eigenvalue weighted by Gasteiger charge is -2.16. The lowest BCUT2D eigenvalue weighted by atomic mass is 10.2. The SMILES string of the molecule is CCOc1cc(C(=O)O)ccc1OCCN1CCNC1=O. The molecule has 0 aliphatic carbocycles. The highest BCUT2D eigenvalue weighted by molar-refractivity contribution is 5.88. The molecule has 0 spiro atoms. The third-order valence-corrected chi connectivity index (χ3v) is 3.05. The van der Waals surface area contributed by atoms with Crippen LogP contribution in [0.25, 0.3) is 0 Å². The van der Waals surface area contributed by atoms with Gasteiger partial charge >= 0.3 is 12.0 Å². The minimum absolute atomic E-state index is 0.0927. The lowest BCUT2D eigenvalue weighted by molar-refractivity contribution is 0.0696. The van der Waals surface area contributed by atoms with Crippen molar-refractivity contribution in [3.05, 3.63) is 23.8 Å². The van der Waals surface area contributed by atoms with Gasteiger partial charge in [0, 0.05) is 13.1 Å². The van der Waals surface area contributed by atoms with Crippen molar-refractivity contribution in [3.63, 3.8) is 0 Å². The second-order valence-electron chi connectivity index (χ2n) is 4.47. The average molecular weight is 294 g/mol. The summed E-state index contributed by atoms with van der Waals surface area (Å²) >= 11 is 0. The molecule has 1 aliphatic heterocycles. The first kappa shape index (κ1) is 15.0. The number of carboxylic acids is 1. The number of nitrogens with zero attached hydrogens (tertiary/aromatic N) is 1. The topological polar surface area (TPSA) is 88.1 Å². The second kappa shape index (κ2) is 6.83. The Bertz CT molecular complexity index is 532. The zero-order chi connectivity index (χ0) is 15.2. The minimum Gasteiger partial charge on any atom is -0.490 e. The van der Waals surface area contributed by atoms with E-state index in [9.17, 15) is 9.59 Å². The first-order valence-corrected chi connectivity index (χ1v) is 6.77. The van der Waals surface area contributed by atoms with E-state index in [0.717, 1.165) is 0 Å². The summed E-state index contributed by atoms with van der Waals surface area (Å²) in [5, 5.41) is 11.7. The van der Waals surface area contributed by atoms with Gasteiger partial charge in [0.25, 0.3) is 0 Å². The number of carbonyl (C=O) groups excluding carboxylic acids is 1. The van der Waals surface area contributed by atoms with E-state index >= 15 is 0 Å². The molecule has 2 rings (SSSR count). The normalized spacial score (nSPS) is 14.0. The van der Waals surface area contributed by atoms with Crippen LogP contribution in [0.5, 0.6) is 11.5 Å². The van der Waals surface area contributed by atoms with Crippen molar-refractivity contribution >= 4 is 12.0 Å². The fourth-order valence-corrected chi connectivity index (χ4v) is 2.02. The number of aromatic carboxylic acids is 1. The Morgan fingerprint density at radius 2 is 2.19 bits per heavy atom. The van der Waals surface area contributed by atoms with E-state index in [1.807, 2.05) is 6.92 Å². The molecule has 21 heavy (non-hydrogen) atoms. The van der Waals surface area contributed by atoms with Gasteiger partial charge in [0.05, 0.1) is 18.7 Å². The fraction of sp³-hybridized carbons (Fsp3) is 0.429. The molecule has 7 nitrogen and oxygen atoms in total. The second-order valence-corrected chi connectivity index (χ2v) is 4.47. The van der Waals surface area contributed by atoms with Gasteiger partial charge in [-0.2, -0.15) is 0 Å². The van der Waals surface area contributed by atoms with Crippen LogP contribution in [0, 0.1) is 0 Å². The summed E-state index contributed by atoms with van der Waals surface area (Å²) < 4.78 is 11.0. The molecule has 1 aliphatic rings. The Balaban J connectivity index is 1.98. The largest absolute Gasteiger partial charge is 0.490 e. The van der Waals surface area contributed by atoms with Crippen molar-refractivity contribution in [1.29, 1.82) is 0 Å². The Kier molecular flexibility index (Phi) is 4.86. The number of ether oxygens (including phenoxy) is 2. The Hall–Kier alpha value is -2.44. The van der Waals surface area contributed by atoms with Gasteiger partial charge in [-0.05, 0) is 25.1 Å². The van der Waals surface area contributed by atoms with E-state index in [1.165, 1.54) is 12.1 Å². The Morgan fingerprint density at radius 1 is 1.38 bits per heavy atom. The van der Waals surface area contributed by atoms with Crippen LogP contribution in [0.1, 0.15) is 17.3 Å². The minimum atomic E-state index is -1.02. The summed E-state index contributed by atoms with van der Waals surface area (Å²) in [6.45, 7) is 4.33. The van der Waals surface area contributed by atoms with E-state index in [-0.39, 0.29) is 11.6 Å². The average Bonchev–Trinajstić information content (AvgIpc) is 2.86. The first-order valence-electron chi connectivity index (χ1n) is 6.77. The van der Waals surface area contributed by atoms with E-state index in [4.69, 9.17) is 14.6 Å². The standard InChI is InChI=1S/C14H18N2O5/c1-2-20-12-9-10(13(17)18)3-4-11(12)21-8-7-16-6-5-15-14(16)19/h3-4,9H,2,5-8H2,1H3,(H,15,19)(H,17,18). The van der Waals surface area contributed by atoms with Crippen LogP contribution in [0.15, 0.2) is 18.2 Å². The number of hydrogen-bond donors (Lipinski definition) is 2. The maximum absolute atomic E-state index is 11.4. The predicted octanol–water partition coefficient (Wildman–Crippen LogP) is 1.19.